The molecule has 1 aliphatic rings. The number of halogens is 2. The fraction of sp³-hybridized carbons (Fsp3) is 0.632. The second-order valence-electron chi connectivity index (χ2n) is 6.73. The van der Waals surface area contributed by atoms with Crippen molar-refractivity contribution in [1.82, 2.24) is 15.5 Å². The molecule has 1 aromatic carbocycles. The Bertz CT molecular complexity index is 562. The number of rotatable bonds is 7. The molecule has 7 heteroatoms. The number of ether oxygens (including phenoxy) is 1. The second kappa shape index (κ2) is 12.0. The van der Waals surface area contributed by atoms with Crippen LogP contribution in [0.2, 0.25) is 5.02 Å². The Balaban J connectivity index is 0.00000338. The summed E-state index contributed by atoms with van der Waals surface area (Å²) >= 11 is 6.05. The van der Waals surface area contributed by atoms with Crippen LogP contribution in [0.25, 0.3) is 0 Å². The zero-order valence-corrected chi connectivity index (χ0v) is 19.1. The molecule has 0 unspecified atom stereocenters. The monoisotopic (exact) mass is 494 g/mol. The summed E-state index contributed by atoms with van der Waals surface area (Å²) in [6, 6.07) is 8.00. The van der Waals surface area contributed by atoms with Crippen LogP contribution in [0.4, 0.5) is 0 Å². The van der Waals surface area contributed by atoms with Gasteiger partial charge in [-0.05, 0) is 58.0 Å². The predicted molar refractivity (Wildman–Crippen MR) is 121 cm³/mol. The van der Waals surface area contributed by atoms with Crippen LogP contribution in [0.3, 0.4) is 0 Å². The van der Waals surface area contributed by atoms with Gasteiger partial charge < -0.3 is 20.3 Å². The lowest BCUT2D eigenvalue weighted by Gasteiger charge is -2.41. The Kier molecular flexibility index (Phi) is 10.8. The first-order valence-electron chi connectivity index (χ1n) is 9.07. The average molecular weight is 495 g/mol. The molecule has 5 nitrogen and oxygen atoms in total. The lowest BCUT2D eigenvalue weighted by molar-refractivity contribution is -0.00254. The smallest absolute Gasteiger partial charge is 0.191 e. The van der Waals surface area contributed by atoms with Crippen LogP contribution in [-0.4, -0.2) is 63.3 Å². The van der Waals surface area contributed by atoms with Gasteiger partial charge >= 0.3 is 0 Å². The van der Waals surface area contributed by atoms with Gasteiger partial charge in [0.05, 0.1) is 6.54 Å². The Morgan fingerprint density at radius 3 is 2.62 bits per heavy atom. The van der Waals surface area contributed by atoms with Gasteiger partial charge in [-0.2, -0.15) is 0 Å². The van der Waals surface area contributed by atoms with E-state index in [4.69, 9.17) is 21.3 Å². The van der Waals surface area contributed by atoms with Gasteiger partial charge in [0.15, 0.2) is 5.96 Å². The molecular formula is C19H32ClIN4O. The topological polar surface area (TPSA) is 48.9 Å². The largest absolute Gasteiger partial charge is 0.381 e. The molecule has 0 saturated carbocycles. The van der Waals surface area contributed by atoms with Gasteiger partial charge in [-0.3, -0.25) is 4.99 Å². The third kappa shape index (κ3) is 7.21. The van der Waals surface area contributed by atoms with Gasteiger partial charge in [-0.15, -0.1) is 24.0 Å². The van der Waals surface area contributed by atoms with Crippen LogP contribution >= 0.6 is 35.6 Å². The third-order valence-electron chi connectivity index (χ3n) is 4.84. The number of nitrogens with one attached hydrogen (secondary N) is 2. The van der Waals surface area contributed by atoms with Gasteiger partial charge in [0.25, 0.3) is 0 Å². The third-order valence-corrected chi connectivity index (χ3v) is 5.08. The lowest BCUT2D eigenvalue weighted by atomic mass is 9.89. The minimum absolute atomic E-state index is 0. The summed E-state index contributed by atoms with van der Waals surface area (Å²) < 4.78 is 5.54. The normalized spacial score (nSPS) is 16.9. The van der Waals surface area contributed by atoms with E-state index in [0.717, 1.165) is 63.1 Å². The molecule has 0 radical (unpaired) electrons. The van der Waals surface area contributed by atoms with Crippen molar-refractivity contribution in [3.8, 4) is 0 Å². The molecule has 1 aliphatic heterocycles. The van der Waals surface area contributed by atoms with Crippen LogP contribution in [0, 0.1) is 0 Å². The molecule has 0 amide bonds. The average Bonchev–Trinajstić information content (AvgIpc) is 2.60. The molecule has 0 aliphatic carbocycles. The van der Waals surface area contributed by atoms with Crippen LogP contribution < -0.4 is 10.6 Å². The number of hydrogen-bond donors (Lipinski definition) is 2. The van der Waals surface area contributed by atoms with E-state index in [-0.39, 0.29) is 29.5 Å². The fourth-order valence-electron chi connectivity index (χ4n) is 3.08. The van der Waals surface area contributed by atoms with Crippen molar-refractivity contribution >= 4 is 41.5 Å². The number of likely N-dealkylation sites (N-methyl/N-ethyl adjacent to an activating group) is 1. The minimum atomic E-state index is 0. The van der Waals surface area contributed by atoms with E-state index in [9.17, 15) is 0 Å². The Hall–Kier alpha value is -0.570. The minimum Gasteiger partial charge on any atom is -0.381 e. The Morgan fingerprint density at radius 1 is 1.27 bits per heavy atom. The highest BCUT2D eigenvalue weighted by Gasteiger charge is 2.34. The summed E-state index contributed by atoms with van der Waals surface area (Å²) in [7, 11) is 4.28. The van der Waals surface area contributed by atoms with Gasteiger partial charge in [0.2, 0.25) is 0 Å². The molecule has 1 fully saturated rings. The highest BCUT2D eigenvalue weighted by Crippen LogP contribution is 2.26. The summed E-state index contributed by atoms with van der Waals surface area (Å²) in [5.41, 5.74) is 1.32. The molecule has 0 bridgehead atoms. The van der Waals surface area contributed by atoms with E-state index in [2.05, 4.69) is 42.6 Å². The van der Waals surface area contributed by atoms with Crippen LogP contribution in [-0.2, 0) is 11.2 Å². The van der Waals surface area contributed by atoms with Crippen LogP contribution in [0.5, 0.6) is 0 Å². The first-order chi connectivity index (χ1) is 12.1. The van der Waals surface area contributed by atoms with Crippen LogP contribution in [0.15, 0.2) is 29.3 Å². The van der Waals surface area contributed by atoms with Crippen molar-refractivity contribution in [3.63, 3.8) is 0 Å². The standard InChI is InChI=1S/C19H31ClN4O.HI/c1-4-21-18(22-11-8-16-6-5-7-17(20)14-16)23-15-19(24(2)3)9-12-25-13-10-19;/h5-7,14H,4,8-13,15H2,1-3H3,(H2,21,22,23);1H. The number of benzene rings is 1. The lowest BCUT2D eigenvalue weighted by Crippen LogP contribution is -2.51. The summed E-state index contributed by atoms with van der Waals surface area (Å²) in [5, 5.41) is 7.55. The number of aliphatic imine (C=N–C) groups is 1. The van der Waals surface area contributed by atoms with Crippen LogP contribution in [0.1, 0.15) is 25.3 Å². The zero-order valence-electron chi connectivity index (χ0n) is 16.1. The molecule has 26 heavy (non-hydrogen) atoms. The van der Waals surface area contributed by atoms with Crippen molar-refractivity contribution in [2.24, 2.45) is 4.99 Å². The molecule has 1 heterocycles. The van der Waals surface area contributed by atoms with Gasteiger partial charge in [0, 0.05) is 36.9 Å². The number of nitrogens with zero attached hydrogens (tertiary/aromatic N) is 2. The Morgan fingerprint density at radius 2 is 2.00 bits per heavy atom. The van der Waals surface area contributed by atoms with Crippen molar-refractivity contribution in [2.45, 2.75) is 31.7 Å². The van der Waals surface area contributed by atoms with Gasteiger partial charge in [0.1, 0.15) is 0 Å². The van der Waals surface area contributed by atoms with Crippen molar-refractivity contribution < 1.29 is 4.74 Å². The fourth-order valence-corrected chi connectivity index (χ4v) is 3.30. The van der Waals surface area contributed by atoms with Gasteiger partial charge in [-0.25, -0.2) is 0 Å². The van der Waals surface area contributed by atoms with E-state index >= 15 is 0 Å². The Labute approximate surface area is 179 Å². The van der Waals surface area contributed by atoms with Crippen molar-refractivity contribution in [2.75, 3.05) is 46.9 Å². The summed E-state index contributed by atoms with van der Waals surface area (Å²) in [6.45, 7) is 6.16. The molecule has 2 N–H and O–H groups in total. The first kappa shape index (κ1) is 23.5. The first-order valence-corrected chi connectivity index (χ1v) is 9.45. The number of guanidine groups is 1. The quantitative estimate of drug-likeness (QED) is 0.347. The highest BCUT2D eigenvalue weighted by atomic mass is 127. The molecule has 148 valence electrons. The van der Waals surface area contributed by atoms with E-state index in [0.29, 0.717) is 0 Å². The van der Waals surface area contributed by atoms with Crippen molar-refractivity contribution in [3.05, 3.63) is 34.9 Å². The summed E-state index contributed by atoms with van der Waals surface area (Å²) in [4.78, 5) is 7.15. The van der Waals surface area contributed by atoms with E-state index < -0.39 is 0 Å². The maximum Gasteiger partial charge on any atom is 0.191 e. The highest BCUT2D eigenvalue weighted by molar-refractivity contribution is 14.0. The van der Waals surface area contributed by atoms with Gasteiger partial charge in [-0.1, -0.05) is 23.7 Å². The second-order valence-corrected chi connectivity index (χ2v) is 7.17. The van der Waals surface area contributed by atoms with E-state index in [1.54, 1.807) is 0 Å². The number of hydrogen-bond acceptors (Lipinski definition) is 3. The van der Waals surface area contributed by atoms with Crippen molar-refractivity contribution in [1.29, 1.82) is 0 Å². The molecule has 0 spiro atoms. The molecular weight excluding hydrogens is 463 g/mol. The molecule has 0 atom stereocenters. The summed E-state index contributed by atoms with van der Waals surface area (Å²) in [6.07, 6.45) is 2.95. The predicted octanol–water partition coefficient (Wildman–Crippen LogP) is 3.17. The maximum atomic E-state index is 6.05. The van der Waals surface area contributed by atoms with E-state index in [1.165, 1.54) is 5.56 Å². The SMILES string of the molecule is CCNC(=NCC1(N(C)C)CCOCC1)NCCc1cccc(Cl)c1.I. The maximum absolute atomic E-state index is 6.05. The van der Waals surface area contributed by atoms with E-state index in [1.807, 2.05) is 18.2 Å². The molecule has 2 rings (SSSR count). The molecule has 0 aromatic heterocycles. The molecule has 1 aromatic rings. The summed E-state index contributed by atoms with van der Waals surface area (Å²) in [5.74, 6) is 0.872. The zero-order chi connectivity index (χ0) is 18.1. The molecule has 1 saturated heterocycles.